The van der Waals surface area contributed by atoms with Crippen molar-refractivity contribution < 1.29 is 13.9 Å². The summed E-state index contributed by atoms with van der Waals surface area (Å²) in [6.45, 7) is 2.29. The normalized spacial score (nSPS) is 21.8. The van der Waals surface area contributed by atoms with Gasteiger partial charge in [-0.2, -0.15) is 0 Å². The van der Waals surface area contributed by atoms with E-state index in [4.69, 9.17) is 10.5 Å². The molecular weight excluding hydrogens is 389 g/mol. The fourth-order valence-corrected chi connectivity index (χ4v) is 5.14. The second kappa shape index (κ2) is 8.39. The number of amides is 1. The minimum atomic E-state index is -0.349. The molecular formula is C22H22FN3O2S. The van der Waals surface area contributed by atoms with Gasteiger partial charge in [0, 0.05) is 23.9 Å². The molecule has 2 N–H and O–H groups in total. The fraction of sp³-hybridized carbons (Fsp3) is 0.273. The van der Waals surface area contributed by atoms with E-state index in [1.807, 2.05) is 43.3 Å². The predicted octanol–water partition coefficient (Wildman–Crippen LogP) is 4.04. The van der Waals surface area contributed by atoms with Gasteiger partial charge in [0.25, 0.3) is 0 Å². The highest BCUT2D eigenvalue weighted by Crippen LogP contribution is 2.43. The standard InChI is InChI=1S/C22H22FN3O2S/c1-14-25-10-11-26(14)19-8-7-16(13-18(19)23)29-21-17(22(24)27)9-12-28-20(21)15-5-3-2-4-6-15/h2-8,10-11,13,17,20-21H,9,12H2,1H3,(H2,24,27). The van der Waals surface area contributed by atoms with Gasteiger partial charge in [-0.05, 0) is 37.1 Å². The first-order chi connectivity index (χ1) is 14.0. The Morgan fingerprint density at radius 1 is 1.28 bits per heavy atom. The van der Waals surface area contributed by atoms with Crippen LogP contribution in [0.5, 0.6) is 0 Å². The summed E-state index contributed by atoms with van der Waals surface area (Å²) in [5.74, 6) is -0.335. The maximum atomic E-state index is 14.8. The monoisotopic (exact) mass is 411 g/mol. The number of nitrogens with zero attached hydrogens (tertiary/aromatic N) is 2. The van der Waals surface area contributed by atoms with Crippen LogP contribution in [0.2, 0.25) is 0 Å². The maximum absolute atomic E-state index is 14.8. The first-order valence-corrected chi connectivity index (χ1v) is 10.3. The van der Waals surface area contributed by atoms with E-state index in [2.05, 4.69) is 4.98 Å². The van der Waals surface area contributed by atoms with Crippen LogP contribution in [0.15, 0.2) is 65.8 Å². The van der Waals surface area contributed by atoms with Crippen molar-refractivity contribution in [3.63, 3.8) is 0 Å². The van der Waals surface area contributed by atoms with Crippen molar-refractivity contribution >= 4 is 17.7 Å². The van der Waals surface area contributed by atoms with E-state index in [9.17, 15) is 9.18 Å². The van der Waals surface area contributed by atoms with Crippen LogP contribution in [-0.4, -0.2) is 27.3 Å². The second-order valence-electron chi connectivity index (χ2n) is 7.04. The maximum Gasteiger partial charge on any atom is 0.221 e. The minimum Gasteiger partial charge on any atom is -0.372 e. The lowest BCUT2D eigenvalue weighted by Gasteiger charge is -2.36. The number of benzene rings is 2. The molecule has 1 fully saturated rings. The van der Waals surface area contributed by atoms with Gasteiger partial charge in [-0.3, -0.25) is 4.79 Å². The van der Waals surface area contributed by atoms with E-state index in [0.29, 0.717) is 24.5 Å². The SMILES string of the molecule is Cc1nccn1-c1ccc(SC2C(C(N)=O)CCOC2c2ccccc2)cc1F. The quantitative estimate of drug-likeness (QED) is 0.688. The molecule has 0 saturated carbocycles. The highest BCUT2D eigenvalue weighted by molar-refractivity contribution is 8.00. The van der Waals surface area contributed by atoms with Gasteiger partial charge >= 0.3 is 0 Å². The zero-order valence-electron chi connectivity index (χ0n) is 16.0. The Balaban J connectivity index is 1.64. The first-order valence-electron chi connectivity index (χ1n) is 9.47. The number of nitrogens with two attached hydrogens (primary N) is 1. The predicted molar refractivity (Wildman–Crippen MR) is 110 cm³/mol. The Morgan fingerprint density at radius 2 is 2.07 bits per heavy atom. The number of carbonyl (C=O) groups excluding carboxylic acids is 1. The van der Waals surface area contributed by atoms with Crippen LogP contribution in [0.3, 0.4) is 0 Å². The molecule has 0 radical (unpaired) electrons. The highest BCUT2D eigenvalue weighted by atomic mass is 32.2. The van der Waals surface area contributed by atoms with Crippen molar-refractivity contribution in [2.24, 2.45) is 11.7 Å². The molecule has 1 aromatic heterocycles. The summed E-state index contributed by atoms with van der Waals surface area (Å²) in [7, 11) is 0. The summed E-state index contributed by atoms with van der Waals surface area (Å²) in [6, 6.07) is 14.9. The molecule has 3 aromatic rings. The van der Waals surface area contributed by atoms with Crippen molar-refractivity contribution in [1.82, 2.24) is 9.55 Å². The molecule has 0 aliphatic carbocycles. The molecule has 0 bridgehead atoms. The number of aromatic nitrogens is 2. The number of ether oxygens (including phenoxy) is 1. The Morgan fingerprint density at radius 3 is 2.72 bits per heavy atom. The number of thioether (sulfide) groups is 1. The molecule has 1 aliphatic rings. The third-order valence-corrected chi connectivity index (χ3v) is 6.57. The molecule has 5 nitrogen and oxygen atoms in total. The zero-order valence-corrected chi connectivity index (χ0v) is 16.8. The van der Waals surface area contributed by atoms with Crippen molar-refractivity contribution in [2.45, 2.75) is 29.6 Å². The van der Waals surface area contributed by atoms with Crippen LogP contribution in [0.25, 0.3) is 5.69 Å². The van der Waals surface area contributed by atoms with Crippen LogP contribution < -0.4 is 5.73 Å². The number of halogens is 1. The number of rotatable bonds is 5. The minimum absolute atomic E-state index is 0.233. The molecule has 2 aromatic carbocycles. The van der Waals surface area contributed by atoms with Gasteiger partial charge < -0.3 is 15.0 Å². The number of carbonyl (C=O) groups is 1. The van der Waals surface area contributed by atoms with E-state index >= 15 is 0 Å². The third-order valence-electron chi connectivity index (χ3n) is 5.19. The number of imidazole rings is 1. The Kier molecular flexibility index (Phi) is 5.69. The van der Waals surface area contributed by atoms with E-state index in [1.54, 1.807) is 23.0 Å². The fourth-order valence-electron chi connectivity index (χ4n) is 3.71. The molecule has 1 amide bonds. The molecule has 7 heteroatoms. The molecule has 3 unspecified atom stereocenters. The topological polar surface area (TPSA) is 70.1 Å². The summed E-state index contributed by atoms with van der Waals surface area (Å²) < 4.78 is 22.6. The lowest BCUT2D eigenvalue weighted by molar-refractivity contribution is -0.126. The number of aryl methyl sites for hydroxylation is 1. The number of hydrogen-bond acceptors (Lipinski definition) is 4. The van der Waals surface area contributed by atoms with Gasteiger partial charge in [-0.25, -0.2) is 9.37 Å². The zero-order chi connectivity index (χ0) is 20.4. The highest BCUT2D eigenvalue weighted by Gasteiger charge is 2.39. The lowest BCUT2D eigenvalue weighted by atomic mass is 9.91. The van der Waals surface area contributed by atoms with Gasteiger partial charge in [-0.15, -0.1) is 11.8 Å². The lowest BCUT2D eigenvalue weighted by Crippen LogP contribution is -2.40. The second-order valence-corrected chi connectivity index (χ2v) is 8.29. The molecule has 1 saturated heterocycles. The van der Waals surface area contributed by atoms with Crippen LogP contribution in [0.4, 0.5) is 4.39 Å². The summed E-state index contributed by atoms with van der Waals surface area (Å²) in [4.78, 5) is 17.0. The molecule has 1 aliphatic heterocycles. The van der Waals surface area contributed by atoms with Crippen LogP contribution in [0.1, 0.15) is 23.9 Å². The Labute approximate surface area is 173 Å². The molecule has 150 valence electrons. The van der Waals surface area contributed by atoms with E-state index in [-0.39, 0.29) is 29.0 Å². The Hall–Kier alpha value is -2.64. The van der Waals surface area contributed by atoms with E-state index < -0.39 is 0 Å². The van der Waals surface area contributed by atoms with Gasteiger partial charge in [0.05, 0.1) is 23.0 Å². The summed E-state index contributed by atoms with van der Waals surface area (Å²) in [5, 5.41) is -0.233. The van der Waals surface area contributed by atoms with Crippen molar-refractivity contribution in [2.75, 3.05) is 6.61 Å². The third kappa shape index (κ3) is 4.06. The van der Waals surface area contributed by atoms with Crippen LogP contribution >= 0.6 is 11.8 Å². The molecule has 4 rings (SSSR count). The first kappa shape index (κ1) is 19.7. The number of primary amides is 1. The van der Waals surface area contributed by atoms with E-state index in [0.717, 1.165) is 10.5 Å². The van der Waals surface area contributed by atoms with Gasteiger partial charge in [0.2, 0.25) is 5.91 Å². The van der Waals surface area contributed by atoms with E-state index in [1.165, 1.54) is 17.8 Å². The van der Waals surface area contributed by atoms with Crippen molar-refractivity contribution in [3.05, 3.63) is 78.1 Å². The summed E-state index contributed by atoms with van der Waals surface area (Å²) in [5.41, 5.74) is 7.12. The van der Waals surface area contributed by atoms with Crippen molar-refractivity contribution in [1.29, 1.82) is 0 Å². The van der Waals surface area contributed by atoms with Gasteiger partial charge in [-0.1, -0.05) is 30.3 Å². The summed E-state index contributed by atoms with van der Waals surface area (Å²) in [6.07, 6.45) is 3.64. The van der Waals surface area contributed by atoms with Gasteiger partial charge in [0.15, 0.2) is 0 Å². The van der Waals surface area contributed by atoms with Crippen LogP contribution in [-0.2, 0) is 9.53 Å². The van der Waals surface area contributed by atoms with Crippen LogP contribution in [0, 0.1) is 18.7 Å². The van der Waals surface area contributed by atoms with Crippen molar-refractivity contribution in [3.8, 4) is 5.69 Å². The van der Waals surface area contributed by atoms with Gasteiger partial charge in [0.1, 0.15) is 11.6 Å². The average molecular weight is 412 g/mol. The average Bonchev–Trinajstić information content (AvgIpc) is 3.14. The smallest absolute Gasteiger partial charge is 0.221 e. The number of hydrogen-bond donors (Lipinski definition) is 1. The molecule has 2 heterocycles. The largest absolute Gasteiger partial charge is 0.372 e. The molecule has 0 spiro atoms. The Bertz CT molecular complexity index is 1010. The summed E-state index contributed by atoms with van der Waals surface area (Å²) >= 11 is 1.44. The molecule has 29 heavy (non-hydrogen) atoms. The molecule has 3 atom stereocenters.